The second-order valence-corrected chi connectivity index (χ2v) is 5.10. The zero-order chi connectivity index (χ0) is 11.5. The molecule has 0 N–H and O–H groups in total. The first-order valence-corrected chi connectivity index (χ1v) is 6.15. The molecule has 0 aromatic carbocycles. The average Bonchev–Trinajstić information content (AvgIpc) is 2.84. The van der Waals surface area contributed by atoms with Gasteiger partial charge in [0, 0.05) is 25.6 Å². The molecule has 0 amide bonds. The van der Waals surface area contributed by atoms with Gasteiger partial charge in [-0.25, -0.2) is 0 Å². The first-order chi connectivity index (χ1) is 7.65. The zero-order valence-electron chi connectivity index (χ0n) is 10.1. The molecule has 16 heavy (non-hydrogen) atoms. The Morgan fingerprint density at radius 2 is 2.38 bits per heavy atom. The van der Waals surface area contributed by atoms with Gasteiger partial charge < -0.3 is 0 Å². The highest BCUT2D eigenvalue weighted by Gasteiger charge is 2.26. The van der Waals surface area contributed by atoms with Crippen LogP contribution >= 0.6 is 0 Å². The summed E-state index contributed by atoms with van der Waals surface area (Å²) in [7, 11) is 1.91. The van der Waals surface area contributed by atoms with Crippen LogP contribution in [0.4, 0.5) is 0 Å². The Hall–Kier alpha value is -1.12. The van der Waals surface area contributed by atoms with E-state index in [2.05, 4.69) is 12.0 Å². The van der Waals surface area contributed by atoms with Crippen LogP contribution in [-0.2, 0) is 18.3 Å². The number of carbonyl (C=O) groups is 1. The fraction of sp³-hybridized carbons (Fsp3) is 0.692. The number of hydrogen-bond acceptors (Lipinski definition) is 2. The van der Waals surface area contributed by atoms with Gasteiger partial charge in [-0.2, -0.15) is 5.10 Å². The van der Waals surface area contributed by atoms with Crippen molar-refractivity contribution in [1.82, 2.24) is 9.78 Å². The van der Waals surface area contributed by atoms with Gasteiger partial charge >= 0.3 is 0 Å². The standard InChI is InChI=1S/C13H20N2O/c1-10-3-5-12(7-10)13(16)6-4-11-8-14-15(2)9-11/h8-10,12H,3-7H2,1-2H3. The summed E-state index contributed by atoms with van der Waals surface area (Å²) < 4.78 is 1.79. The van der Waals surface area contributed by atoms with Crippen molar-refractivity contribution in [3.05, 3.63) is 18.0 Å². The third-order valence-electron chi connectivity index (χ3n) is 3.57. The molecule has 3 nitrogen and oxygen atoms in total. The van der Waals surface area contributed by atoms with E-state index in [1.807, 2.05) is 19.4 Å². The molecule has 1 aliphatic carbocycles. The van der Waals surface area contributed by atoms with Gasteiger partial charge in [0.15, 0.2) is 0 Å². The molecule has 2 atom stereocenters. The highest BCUT2D eigenvalue weighted by Crippen LogP contribution is 2.31. The maximum absolute atomic E-state index is 11.9. The van der Waals surface area contributed by atoms with Crippen LogP contribution < -0.4 is 0 Å². The van der Waals surface area contributed by atoms with Crippen LogP contribution in [0.5, 0.6) is 0 Å². The first kappa shape index (κ1) is 11.4. The summed E-state index contributed by atoms with van der Waals surface area (Å²) in [5.41, 5.74) is 1.17. The predicted molar refractivity (Wildman–Crippen MR) is 63.0 cm³/mol. The van der Waals surface area contributed by atoms with Crippen LogP contribution in [0.2, 0.25) is 0 Å². The second-order valence-electron chi connectivity index (χ2n) is 5.10. The fourth-order valence-electron chi connectivity index (χ4n) is 2.57. The minimum absolute atomic E-state index is 0.340. The molecule has 0 aliphatic heterocycles. The van der Waals surface area contributed by atoms with Crippen molar-refractivity contribution in [2.45, 2.75) is 39.0 Å². The van der Waals surface area contributed by atoms with Crippen molar-refractivity contribution in [1.29, 1.82) is 0 Å². The smallest absolute Gasteiger partial charge is 0.136 e. The number of aromatic nitrogens is 2. The highest BCUT2D eigenvalue weighted by atomic mass is 16.1. The quantitative estimate of drug-likeness (QED) is 0.780. The topological polar surface area (TPSA) is 34.9 Å². The zero-order valence-corrected chi connectivity index (χ0v) is 10.1. The lowest BCUT2D eigenvalue weighted by molar-refractivity contribution is -0.122. The van der Waals surface area contributed by atoms with Gasteiger partial charge in [-0.05, 0) is 37.2 Å². The van der Waals surface area contributed by atoms with Gasteiger partial charge in [-0.3, -0.25) is 9.48 Å². The van der Waals surface area contributed by atoms with E-state index < -0.39 is 0 Å². The van der Waals surface area contributed by atoms with E-state index in [1.165, 1.54) is 12.0 Å². The van der Waals surface area contributed by atoms with Crippen molar-refractivity contribution >= 4 is 5.78 Å². The summed E-state index contributed by atoms with van der Waals surface area (Å²) in [5.74, 6) is 1.53. The van der Waals surface area contributed by atoms with Crippen molar-refractivity contribution < 1.29 is 4.79 Å². The van der Waals surface area contributed by atoms with Gasteiger partial charge in [0.1, 0.15) is 5.78 Å². The molecule has 88 valence electrons. The number of Topliss-reactive ketones (excluding diaryl/α,β-unsaturated/α-hetero) is 1. The summed E-state index contributed by atoms with van der Waals surface area (Å²) in [4.78, 5) is 11.9. The number of nitrogens with zero attached hydrogens (tertiary/aromatic N) is 2. The van der Waals surface area contributed by atoms with Crippen molar-refractivity contribution in [3.63, 3.8) is 0 Å². The Kier molecular flexibility index (Phi) is 3.42. The Morgan fingerprint density at radius 3 is 2.94 bits per heavy atom. The first-order valence-electron chi connectivity index (χ1n) is 6.15. The highest BCUT2D eigenvalue weighted by molar-refractivity contribution is 5.81. The van der Waals surface area contributed by atoms with Crippen LogP contribution in [0, 0.1) is 11.8 Å². The lowest BCUT2D eigenvalue weighted by Crippen LogP contribution is -2.11. The normalized spacial score (nSPS) is 24.9. The number of carbonyl (C=O) groups excluding carboxylic acids is 1. The molecule has 0 radical (unpaired) electrons. The Morgan fingerprint density at radius 1 is 1.56 bits per heavy atom. The molecule has 0 saturated heterocycles. The van der Waals surface area contributed by atoms with Crippen LogP contribution in [0.3, 0.4) is 0 Å². The van der Waals surface area contributed by atoms with Gasteiger partial charge in [-0.1, -0.05) is 6.92 Å². The number of rotatable bonds is 4. The monoisotopic (exact) mass is 220 g/mol. The SMILES string of the molecule is CC1CCC(C(=O)CCc2cnn(C)c2)C1. The van der Waals surface area contributed by atoms with E-state index in [1.54, 1.807) is 4.68 Å². The lowest BCUT2D eigenvalue weighted by Gasteiger charge is -2.07. The van der Waals surface area contributed by atoms with Crippen molar-refractivity contribution in [3.8, 4) is 0 Å². The second kappa shape index (κ2) is 4.81. The molecule has 1 heterocycles. The van der Waals surface area contributed by atoms with Crippen LogP contribution in [0.1, 0.15) is 38.2 Å². The predicted octanol–water partition coefficient (Wildman–Crippen LogP) is 2.36. The molecule has 0 bridgehead atoms. The van der Waals surface area contributed by atoms with E-state index in [0.29, 0.717) is 18.1 Å². The van der Waals surface area contributed by atoms with E-state index in [4.69, 9.17) is 0 Å². The minimum atomic E-state index is 0.340. The van der Waals surface area contributed by atoms with E-state index >= 15 is 0 Å². The maximum Gasteiger partial charge on any atom is 0.136 e. The number of hydrogen-bond donors (Lipinski definition) is 0. The largest absolute Gasteiger partial charge is 0.299 e. The van der Waals surface area contributed by atoms with Gasteiger partial charge in [0.25, 0.3) is 0 Å². The minimum Gasteiger partial charge on any atom is -0.299 e. The molecular formula is C13H20N2O. The summed E-state index contributed by atoms with van der Waals surface area (Å²) >= 11 is 0. The third-order valence-corrected chi connectivity index (χ3v) is 3.57. The summed E-state index contributed by atoms with van der Waals surface area (Å²) in [6.07, 6.45) is 8.80. The summed E-state index contributed by atoms with van der Waals surface area (Å²) in [5, 5.41) is 4.11. The number of aryl methyl sites for hydroxylation is 2. The Bertz CT molecular complexity index is 370. The molecule has 2 unspecified atom stereocenters. The number of ketones is 1. The van der Waals surface area contributed by atoms with Crippen LogP contribution in [0.15, 0.2) is 12.4 Å². The van der Waals surface area contributed by atoms with E-state index in [-0.39, 0.29) is 0 Å². The summed E-state index contributed by atoms with van der Waals surface area (Å²) in [6.45, 7) is 2.24. The lowest BCUT2D eigenvalue weighted by atomic mass is 9.97. The molecule has 1 aromatic rings. The van der Waals surface area contributed by atoms with Crippen molar-refractivity contribution in [2.24, 2.45) is 18.9 Å². The molecule has 3 heteroatoms. The molecule has 1 saturated carbocycles. The third kappa shape index (κ3) is 2.71. The van der Waals surface area contributed by atoms with Gasteiger partial charge in [-0.15, -0.1) is 0 Å². The average molecular weight is 220 g/mol. The van der Waals surface area contributed by atoms with E-state index in [0.717, 1.165) is 25.2 Å². The summed E-state index contributed by atoms with van der Waals surface area (Å²) in [6, 6.07) is 0. The van der Waals surface area contributed by atoms with Gasteiger partial charge in [0.05, 0.1) is 6.20 Å². The molecule has 1 aromatic heterocycles. The Labute approximate surface area is 96.8 Å². The molecular weight excluding hydrogens is 200 g/mol. The maximum atomic E-state index is 11.9. The molecule has 0 spiro atoms. The van der Waals surface area contributed by atoms with Crippen molar-refractivity contribution in [2.75, 3.05) is 0 Å². The van der Waals surface area contributed by atoms with Crippen LogP contribution in [0.25, 0.3) is 0 Å². The Balaban J connectivity index is 1.80. The van der Waals surface area contributed by atoms with E-state index in [9.17, 15) is 4.79 Å². The molecule has 1 fully saturated rings. The van der Waals surface area contributed by atoms with Gasteiger partial charge in [0.2, 0.25) is 0 Å². The molecule has 2 rings (SSSR count). The fourth-order valence-corrected chi connectivity index (χ4v) is 2.57. The molecule has 1 aliphatic rings. The van der Waals surface area contributed by atoms with Crippen LogP contribution in [-0.4, -0.2) is 15.6 Å².